The Kier molecular flexibility index (Phi) is 4.20. The van der Waals surface area contributed by atoms with Crippen LogP contribution in [0.3, 0.4) is 0 Å². The third kappa shape index (κ3) is 2.59. The molecule has 2 heterocycles. The van der Waals surface area contributed by atoms with Gasteiger partial charge in [-0.2, -0.15) is 5.10 Å². The summed E-state index contributed by atoms with van der Waals surface area (Å²) in [7, 11) is 1.39. The molecule has 1 unspecified atom stereocenters. The Bertz CT molecular complexity index is 656. The minimum atomic E-state index is -0.485. The number of nitrogen functional groups attached to an aromatic ring is 1. The molecule has 0 fully saturated rings. The van der Waals surface area contributed by atoms with Gasteiger partial charge in [0.1, 0.15) is 11.6 Å². The first-order valence-corrected chi connectivity index (χ1v) is 7.19. The lowest BCUT2D eigenvalue weighted by Crippen LogP contribution is -2.25. The van der Waals surface area contributed by atoms with Crippen molar-refractivity contribution in [2.45, 2.75) is 46.7 Å². The molecule has 7 nitrogen and oxygen atoms in total. The summed E-state index contributed by atoms with van der Waals surface area (Å²) in [6.45, 7) is 8.69. The van der Waals surface area contributed by atoms with Crippen LogP contribution >= 0.6 is 0 Å². The Hall–Kier alpha value is -2.05. The van der Waals surface area contributed by atoms with Crippen molar-refractivity contribution < 1.29 is 9.53 Å². The van der Waals surface area contributed by atoms with E-state index in [4.69, 9.17) is 10.5 Å². The van der Waals surface area contributed by atoms with Gasteiger partial charge < -0.3 is 10.5 Å². The summed E-state index contributed by atoms with van der Waals surface area (Å²) in [5, 5.41) is 4.44. The van der Waals surface area contributed by atoms with Crippen LogP contribution < -0.4 is 5.73 Å². The average molecular weight is 293 g/mol. The molecule has 0 spiro atoms. The molecule has 0 aliphatic carbocycles. The lowest BCUT2D eigenvalue weighted by Gasteiger charge is -2.20. The largest absolute Gasteiger partial charge is 0.467 e. The van der Waals surface area contributed by atoms with Crippen LogP contribution in [0.25, 0.3) is 11.2 Å². The van der Waals surface area contributed by atoms with Crippen LogP contribution in [-0.4, -0.2) is 32.4 Å². The molecule has 21 heavy (non-hydrogen) atoms. The number of esters is 1. The number of aryl methyl sites for hydroxylation is 2. The van der Waals surface area contributed by atoms with Crippen LogP contribution in [0.15, 0.2) is 0 Å². The van der Waals surface area contributed by atoms with Gasteiger partial charge in [-0.3, -0.25) is 4.57 Å². The maximum atomic E-state index is 12.2. The average Bonchev–Trinajstić information content (AvgIpc) is 2.92. The minimum Gasteiger partial charge on any atom is -0.467 e. The van der Waals surface area contributed by atoms with E-state index >= 15 is 0 Å². The number of aromatic nitrogens is 4. The van der Waals surface area contributed by atoms with Gasteiger partial charge in [-0.25, -0.2) is 14.5 Å². The first-order chi connectivity index (χ1) is 9.90. The van der Waals surface area contributed by atoms with Gasteiger partial charge in [0.2, 0.25) is 5.95 Å². The lowest BCUT2D eigenvalue weighted by atomic mass is 10.0. The van der Waals surface area contributed by atoms with Gasteiger partial charge in [-0.15, -0.1) is 0 Å². The van der Waals surface area contributed by atoms with E-state index in [1.54, 1.807) is 4.57 Å². The van der Waals surface area contributed by atoms with Gasteiger partial charge in [0.15, 0.2) is 5.65 Å². The van der Waals surface area contributed by atoms with E-state index in [1.165, 1.54) is 7.11 Å². The van der Waals surface area contributed by atoms with Gasteiger partial charge in [-0.1, -0.05) is 13.8 Å². The molecule has 0 radical (unpaired) electrons. The number of anilines is 1. The van der Waals surface area contributed by atoms with Gasteiger partial charge in [0.05, 0.1) is 12.8 Å². The molecule has 2 N–H and O–H groups in total. The predicted molar refractivity (Wildman–Crippen MR) is 80.8 cm³/mol. The molecular weight excluding hydrogens is 270 g/mol. The third-order valence-corrected chi connectivity index (χ3v) is 3.55. The van der Waals surface area contributed by atoms with E-state index in [-0.39, 0.29) is 5.97 Å². The van der Waals surface area contributed by atoms with E-state index in [9.17, 15) is 4.79 Å². The maximum Gasteiger partial charge on any atom is 0.329 e. The normalized spacial score (nSPS) is 13.0. The summed E-state index contributed by atoms with van der Waals surface area (Å²) >= 11 is 0. The van der Waals surface area contributed by atoms with Crippen molar-refractivity contribution in [1.29, 1.82) is 0 Å². The predicted octanol–water partition coefficient (Wildman–Crippen LogP) is 1.90. The highest BCUT2D eigenvalue weighted by molar-refractivity contribution is 5.82. The number of hydrogen-bond acceptors (Lipinski definition) is 5. The summed E-state index contributed by atoms with van der Waals surface area (Å²) in [4.78, 5) is 16.6. The van der Waals surface area contributed by atoms with Crippen molar-refractivity contribution in [3.8, 4) is 0 Å². The Morgan fingerprint density at radius 3 is 2.62 bits per heavy atom. The van der Waals surface area contributed by atoms with E-state index < -0.39 is 6.04 Å². The Balaban J connectivity index is 2.66. The fourth-order valence-electron chi connectivity index (χ4n) is 2.62. The molecular formula is C14H23N5O2. The molecule has 2 aromatic heterocycles. The van der Waals surface area contributed by atoms with Crippen LogP contribution in [0.2, 0.25) is 0 Å². The molecule has 0 saturated carbocycles. The van der Waals surface area contributed by atoms with Gasteiger partial charge in [-0.05, 0) is 26.2 Å². The highest BCUT2D eigenvalue weighted by Gasteiger charge is 2.29. The highest BCUT2D eigenvalue weighted by atomic mass is 16.5. The van der Waals surface area contributed by atoms with Crippen LogP contribution in [-0.2, 0) is 16.1 Å². The number of rotatable bonds is 5. The summed E-state index contributed by atoms with van der Waals surface area (Å²) < 4.78 is 8.53. The molecule has 2 rings (SSSR count). The number of carbonyl (C=O) groups excluding carboxylic acids is 1. The zero-order chi connectivity index (χ0) is 15.7. The third-order valence-electron chi connectivity index (χ3n) is 3.55. The van der Waals surface area contributed by atoms with Crippen LogP contribution in [0.1, 0.15) is 38.9 Å². The molecule has 2 aromatic rings. The van der Waals surface area contributed by atoms with E-state index in [0.717, 1.165) is 16.9 Å². The van der Waals surface area contributed by atoms with Crippen LogP contribution in [0.4, 0.5) is 5.95 Å². The number of hydrogen-bond donors (Lipinski definition) is 1. The second-order valence-electron chi connectivity index (χ2n) is 5.58. The van der Waals surface area contributed by atoms with Crippen molar-refractivity contribution >= 4 is 23.1 Å². The molecule has 0 aromatic carbocycles. The van der Waals surface area contributed by atoms with Crippen molar-refractivity contribution in [3.05, 3.63) is 5.69 Å². The molecule has 0 saturated heterocycles. The molecule has 1 atom stereocenters. The number of carbonyl (C=O) groups is 1. The maximum absolute atomic E-state index is 12.2. The van der Waals surface area contributed by atoms with Gasteiger partial charge in [0.25, 0.3) is 0 Å². The summed E-state index contributed by atoms with van der Waals surface area (Å²) in [6, 6.07) is -0.485. The number of nitrogens with zero attached hydrogens (tertiary/aromatic N) is 4. The monoisotopic (exact) mass is 293 g/mol. The van der Waals surface area contributed by atoms with E-state index in [1.807, 2.05) is 18.5 Å². The Labute approximate surface area is 124 Å². The highest BCUT2D eigenvalue weighted by Crippen LogP contribution is 2.29. The van der Waals surface area contributed by atoms with Crippen LogP contribution in [0, 0.1) is 12.8 Å². The van der Waals surface area contributed by atoms with Crippen molar-refractivity contribution in [2.75, 3.05) is 12.8 Å². The molecule has 116 valence electrons. The SMILES string of the molecule is CCn1nc(C)c2nc(N)n(C(CC(C)C)C(=O)OC)c21. The summed E-state index contributed by atoms with van der Waals surface area (Å²) in [5.74, 6) is 0.338. The molecule has 0 aliphatic heterocycles. The fourth-order valence-corrected chi connectivity index (χ4v) is 2.62. The minimum absolute atomic E-state index is 0.309. The van der Waals surface area contributed by atoms with Crippen molar-refractivity contribution in [2.24, 2.45) is 5.92 Å². The molecule has 7 heteroatoms. The van der Waals surface area contributed by atoms with Crippen molar-refractivity contribution in [3.63, 3.8) is 0 Å². The molecule has 0 aliphatic rings. The Morgan fingerprint density at radius 2 is 2.10 bits per heavy atom. The van der Waals surface area contributed by atoms with E-state index in [0.29, 0.717) is 24.8 Å². The number of imidazole rings is 1. The smallest absolute Gasteiger partial charge is 0.329 e. The van der Waals surface area contributed by atoms with Crippen molar-refractivity contribution in [1.82, 2.24) is 19.3 Å². The van der Waals surface area contributed by atoms with Gasteiger partial charge >= 0.3 is 5.97 Å². The molecule has 0 bridgehead atoms. The quantitative estimate of drug-likeness (QED) is 0.851. The number of methoxy groups -OCH3 is 1. The van der Waals surface area contributed by atoms with Gasteiger partial charge in [0, 0.05) is 6.54 Å². The lowest BCUT2D eigenvalue weighted by molar-refractivity contribution is -0.145. The van der Waals surface area contributed by atoms with E-state index in [2.05, 4.69) is 23.9 Å². The fraction of sp³-hybridized carbons (Fsp3) is 0.643. The number of fused-ring (bicyclic) bond motifs is 1. The first-order valence-electron chi connectivity index (χ1n) is 7.19. The Morgan fingerprint density at radius 1 is 1.43 bits per heavy atom. The zero-order valence-corrected chi connectivity index (χ0v) is 13.3. The first kappa shape index (κ1) is 15.3. The standard InChI is InChI=1S/C14H23N5O2/c1-6-18-12-11(9(4)17-18)16-14(15)19(12)10(7-8(2)3)13(20)21-5/h8,10H,6-7H2,1-5H3,(H2,15,16). The zero-order valence-electron chi connectivity index (χ0n) is 13.3. The summed E-state index contributed by atoms with van der Waals surface area (Å²) in [5.41, 5.74) is 8.40. The number of nitrogens with two attached hydrogens (primary N) is 1. The second-order valence-corrected chi connectivity index (χ2v) is 5.58. The van der Waals surface area contributed by atoms with Crippen LogP contribution in [0.5, 0.6) is 0 Å². The topological polar surface area (TPSA) is 88.0 Å². The molecule has 0 amide bonds. The number of ether oxygens (including phenoxy) is 1. The summed E-state index contributed by atoms with van der Waals surface area (Å²) in [6.07, 6.45) is 0.635. The second kappa shape index (κ2) is 5.75.